The Hall–Kier alpha value is -0.570. The van der Waals surface area contributed by atoms with Crippen molar-refractivity contribution in [3.8, 4) is 0 Å². The molecule has 0 radical (unpaired) electrons. The first-order chi connectivity index (χ1) is 4.63. The van der Waals surface area contributed by atoms with Gasteiger partial charge in [-0.05, 0) is 19.8 Å². The van der Waals surface area contributed by atoms with Crippen LogP contribution in [-0.4, -0.2) is 23.8 Å². The number of esters is 1. The summed E-state index contributed by atoms with van der Waals surface area (Å²) in [4.78, 5) is 10.2. The van der Waals surface area contributed by atoms with Crippen molar-refractivity contribution in [3.63, 3.8) is 0 Å². The molecule has 0 saturated heterocycles. The first-order valence-corrected chi connectivity index (χ1v) is 3.44. The van der Waals surface area contributed by atoms with E-state index >= 15 is 0 Å². The lowest BCUT2D eigenvalue weighted by atomic mass is 10.2. The Balaban J connectivity index is 2.98. The van der Waals surface area contributed by atoms with Crippen LogP contribution in [0.4, 0.5) is 0 Å². The molecule has 3 heteroatoms. The van der Waals surface area contributed by atoms with Gasteiger partial charge in [-0.15, -0.1) is 0 Å². The molecule has 0 aliphatic carbocycles. The fourth-order valence-electron chi connectivity index (χ4n) is 0.595. The minimum absolute atomic E-state index is 0.259. The van der Waals surface area contributed by atoms with Crippen molar-refractivity contribution in [2.24, 2.45) is 0 Å². The van der Waals surface area contributed by atoms with E-state index in [0.29, 0.717) is 13.0 Å². The van der Waals surface area contributed by atoms with Crippen LogP contribution in [0.15, 0.2) is 0 Å². The number of aliphatic hydroxyl groups is 1. The highest BCUT2D eigenvalue weighted by Gasteiger charge is 1.96. The molecule has 0 bridgehead atoms. The summed E-state index contributed by atoms with van der Waals surface area (Å²) in [5.41, 5.74) is 0. The topological polar surface area (TPSA) is 46.5 Å². The second-order valence-electron chi connectivity index (χ2n) is 2.33. The molecule has 0 rings (SSSR count). The van der Waals surface area contributed by atoms with E-state index in [4.69, 9.17) is 5.11 Å². The minimum atomic E-state index is -0.296. The second-order valence-corrected chi connectivity index (χ2v) is 2.33. The lowest BCUT2D eigenvalue weighted by Crippen LogP contribution is -2.05. The van der Waals surface area contributed by atoms with Gasteiger partial charge in [0.25, 0.3) is 0 Å². The summed E-state index contributed by atoms with van der Waals surface area (Å²) < 4.78 is 4.64. The predicted octanol–water partition coefficient (Wildman–Crippen LogP) is 0.710. The van der Waals surface area contributed by atoms with Gasteiger partial charge in [-0.1, -0.05) is 0 Å². The monoisotopic (exact) mass is 146 g/mol. The number of hydrogen-bond donors (Lipinski definition) is 1. The number of rotatable bonds is 4. The molecular weight excluding hydrogens is 132 g/mol. The molecular formula is C7H14O3. The van der Waals surface area contributed by atoms with E-state index in [0.717, 1.165) is 6.42 Å². The van der Waals surface area contributed by atoms with Crippen molar-refractivity contribution in [3.05, 3.63) is 0 Å². The molecule has 0 fully saturated rings. The Morgan fingerprint density at radius 2 is 2.30 bits per heavy atom. The summed E-state index contributed by atoms with van der Waals surface area (Å²) in [7, 11) is 0. The molecule has 0 heterocycles. The van der Waals surface area contributed by atoms with Crippen molar-refractivity contribution >= 4 is 5.97 Å². The van der Waals surface area contributed by atoms with Gasteiger partial charge in [0.05, 0.1) is 12.7 Å². The van der Waals surface area contributed by atoms with Crippen molar-refractivity contribution < 1.29 is 14.6 Å². The Labute approximate surface area is 61.0 Å². The van der Waals surface area contributed by atoms with E-state index in [1.807, 2.05) is 0 Å². The van der Waals surface area contributed by atoms with Crippen molar-refractivity contribution in [1.82, 2.24) is 0 Å². The number of ether oxygens (including phenoxy) is 1. The van der Waals surface area contributed by atoms with Crippen LogP contribution in [0, 0.1) is 0 Å². The van der Waals surface area contributed by atoms with E-state index < -0.39 is 0 Å². The summed E-state index contributed by atoms with van der Waals surface area (Å²) in [6.45, 7) is 3.51. The molecule has 0 amide bonds. The number of aliphatic hydroxyl groups excluding tert-OH is 1. The van der Waals surface area contributed by atoms with Gasteiger partial charge in [0, 0.05) is 6.92 Å². The second kappa shape index (κ2) is 5.23. The Bertz CT molecular complexity index is 99.0. The Morgan fingerprint density at radius 1 is 1.70 bits per heavy atom. The summed E-state index contributed by atoms with van der Waals surface area (Å²) in [5, 5.41) is 8.78. The van der Waals surface area contributed by atoms with Crippen LogP contribution >= 0.6 is 0 Å². The number of carbonyl (C=O) groups excluding carboxylic acids is 1. The third-order valence-corrected chi connectivity index (χ3v) is 1.07. The molecule has 0 saturated carbocycles. The molecule has 3 nitrogen and oxygen atoms in total. The van der Waals surface area contributed by atoms with E-state index in [9.17, 15) is 4.79 Å². The van der Waals surface area contributed by atoms with Crippen LogP contribution in [0.1, 0.15) is 26.7 Å². The van der Waals surface area contributed by atoms with Gasteiger partial charge in [-0.2, -0.15) is 0 Å². The van der Waals surface area contributed by atoms with E-state index in [1.54, 1.807) is 6.92 Å². The summed E-state index contributed by atoms with van der Waals surface area (Å²) >= 11 is 0. The molecule has 0 unspecified atom stereocenters. The molecule has 0 spiro atoms. The highest BCUT2D eigenvalue weighted by atomic mass is 16.5. The number of hydrogen-bond acceptors (Lipinski definition) is 3. The molecule has 1 N–H and O–H groups in total. The van der Waals surface area contributed by atoms with Crippen LogP contribution in [0.2, 0.25) is 0 Å². The van der Waals surface area contributed by atoms with Crippen LogP contribution in [0.5, 0.6) is 0 Å². The zero-order valence-electron chi connectivity index (χ0n) is 6.46. The van der Waals surface area contributed by atoms with Gasteiger partial charge < -0.3 is 9.84 Å². The normalized spacial score (nSPS) is 12.7. The largest absolute Gasteiger partial charge is 0.466 e. The molecule has 0 aromatic heterocycles. The summed E-state index contributed by atoms with van der Waals surface area (Å²) in [6.07, 6.45) is 1.13. The van der Waals surface area contributed by atoms with Gasteiger partial charge in [-0.25, -0.2) is 0 Å². The maximum absolute atomic E-state index is 10.2. The van der Waals surface area contributed by atoms with Crippen LogP contribution in [-0.2, 0) is 9.53 Å². The van der Waals surface area contributed by atoms with Gasteiger partial charge >= 0.3 is 5.97 Å². The maximum Gasteiger partial charge on any atom is 0.302 e. The summed E-state index contributed by atoms with van der Waals surface area (Å²) in [6, 6.07) is 0. The maximum atomic E-state index is 10.2. The molecule has 0 aromatic carbocycles. The van der Waals surface area contributed by atoms with E-state index in [2.05, 4.69) is 4.74 Å². The van der Waals surface area contributed by atoms with Crippen LogP contribution in [0.25, 0.3) is 0 Å². The number of carbonyl (C=O) groups is 1. The van der Waals surface area contributed by atoms with Gasteiger partial charge in [-0.3, -0.25) is 4.79 Å². The Morgan fingerprint density at radius 3 is 2.70 bits per heavy atom. The quantitative estimate of drug-likeness (QED) is 0.469. The Kier molecular flexibility index (Phi) is 4.94. The lowest BCUT2D eigenvalue weighted by molar-refractivity contribution is -0.141. The minimum Gasteiger partial charge on any atom is -0.466 e. The SMILES string of the molecule is CC(=O)OCCC[C@@H](C)O. The zero-order valence-corrected chi connectivity index (χ0v) is 6.46. The molecule has 0 aliphatic rings. The van der Waals surface area contributed by atoms with Crippen molar-refractivity contribution in [1.29, 1.82) is 0 Å². The van der Waals surface area contributed by atoms with Crippen molar-refractivity contribution in [2.45, 2.75) is 32.8 Å². The van der Waals surface area contributed by atoms with Crippen molar-refractivity contribution in [2.75, 3.05) is 6.61 Å². The smallest absolute Gasteiger partial charge is 0.302 e. The lowest BCUT2D eigenvalue weighted by Gasteiger charge is -2.03. The van der Waals surface area contributed by atoms with E-state index in [-0.39, 0.29) is 12.1 Å². The molecule has 60 valence electrons. The standard InChI is InChI=1S/C7H14O3/c1-6(8)4-3-5-10-7(2)9/h6,8H,3-5H2,1-2H3/t6-/m1/s1. The molecule has 0 aromatic rings. The average molecular weight is 146 g/mol. The van der Waals surface area contributed by atoms with Gasteiger partial charge in [0.15, 0.2) is 0 Å². The molecule has 10 heavy (non-hydrogen) atoms. The van der Waals surface area contributed by atoms with Gasteiger partial charge in [0.1, 0.15) is 0 Å². The summed E-state index contributed by atoms with van der Waals surface area (Å²) in [5.74, 6) is -0.259. The fraction of sp³-hybridized carbons (Fsp3) is 0.857. The van der Waals surface area contributed by atoms with Gasteiger partial charge in [0.2, 0.25) is 0 Å². The highest BCUT2D eigenvalue weighted by molar-refractivity contribution is 5.65. The molecule has 0 aliphatic heterocycles. The average Bonchev–Trinajstić information content (AvgIpc) is 1.79. The van der Waals surface area contributed by atoms with Crippen LogP contribution < -0.4 is 0 Å². The van der Waals surface area contributed by atoms with Crippen LogP contribution in [0.3, 0.4) is 0 Å². The third-order valence-electron chi connectivity index (χ3n) is 1.07. The first kappa shape index (κ1) is 9.43. The zero-order chi connectivity index (χ0) is 7.98. The molecule has 1 atom stereocenters. The fourth-order valence-corrected chi connectivity index (χ4v) is 0.595. The first-order valence-electron chi connectivity index (χ1n) is 3.44. The predicted molar refractivity (Wildman–Crippen MR) is 37.5 cm³/mol. The highest BCUT2D eigenvalue weighted by Crippen LogP contribution is 1.95. The van der Waals surface area contributed by atoms with E-state index in [1.165, 1.54) is 6.92 Å². The third kappa shape index (κ3) is 7.43.